The van der Waals surface area contributed by atoms with Crippen molar-refractivity contribution in [1.82, 2.24) is 4.98 Å². The Bertz CT molecular complexity index is 366. The average molecular weight is 197 g/mol. The summed E-state index contributed by atoms with van der Waals surface area (Å²) in [5.74, 6) is -1.09. The van der Waals surface area contributed by atoms with Crippen LogP contribution in [0.25, 0.3) is 0 Å². The first kappa shape index (κ1) is 9.90. The number of carbonyl (C=O) groups is 1. The summed E-state index contributed by atoms with van der Waals surface area (Å²) < 4.78 is 0. The van der Waals surface area contributed by atoms with E-state index < -0.39 is 10.9 Å². The molecule has 7 heteroatoms. The number of hydrogen-bond acceptors (Lipinski definition) is 5. The number of carboxylic acid groups (broad SMARTS) is 1. The van der Waals surface area contributed by atoms with Gasteiger partial charge >= 0.3 is 11.7 Å². The molecule has 0 spiro atoms. The van der Waals surface area contributed by atoms with Crippen molar-refractivity contribution >= 4 is 17.3 Å². The van der Waals surface area contributed by atoms with Crippen molar-refractivity contribution < 1.29 is 14.8 Å². The second kappa shape index (κ2) is 4.17. The van der Waals surface area contributed by atoms with E-state index >= 15 is 0 Å². The number of rotatable bonds is 4. The Kier molecular flexibility index (Phi) is 2.95. The molecule has 74 valence electrons. The van der Waals surface area contributed by atoms with Gasteiger partial charge in [-0.3, -0.25) is 19.9 Å². The van der Waals surface area contributed by atoms with Crippen LogP contribution in [0.4, 0.5) is 11.4 Å². The molecular formula is C7H7N3O4. The number of aliphatic carboxylic acids is 1. The summed E-state index contributed by atoms with van der Waals surface area (Å²) in [5, 5.41) is 21.2. The van der Waals surface area contributed by atoms with Crippen molar-refractivity contribution in [1.29, 1.82) is 0 Å². The first-order valence-corrected chi connectivity index (χ1v) is 3.65. The summed E-state index contributed by atoms with van der Waals surface area (Å²) in [6.45, 7) is -0.370. The SMILES string of the molecule is O=C(O)CNc1ccncc1[N+](=O)[O-]. The summed E-state index contributed by atoms with van der Waals surface area (Å²) in [4.78, 5) is 23.6. The third kappa shape index (κ3) is 2.41. The highest BCUT2D eigenvalue weighted by Gasteiger charge is 2.13. The van der Waals surface area contributed by atoms with Crippen LogP contribution in [0.3, 0.4) is 0 Å². The average Bonchev–Trinajstić information content (AvgIpc) is 2.15. The summed E-state index contributed by atoms with van der Waals surface area (Å²) in [6, 6.07) is 1.35. The van der Waals surface area contributed by atoms with Crippen molar-refractivity contribution in [2.75, 3.05) is 11.9 Å². The molecule has 1 heterocycles. The Balaban J connectivity index is 2.84. The van der Waals surface area contributed by atoms with E-state index in [0.29, 0.717) is 0 Å². The molecule has 0 atom stereocenters. The molecule has 14 heavy (non-hydrogen) atoms. The van der Waals surface area contributed by atoms with Gasteiger partial charge < -0.3 is 10.4 Å². The van der Waals surface area contributed by atoms with Crippen molar-refractivity contribution in [2.45, 2.75) is 0 Å². The molecule has 0 radical (unpaired) electrons. The van der Waals surface area contributed by atoms with Crippen LogP contribution in [0, 0.1) is 10.1 Å². The van der Waals surface area contributed by atoms with Crippen LogP contribution in [0.15, 0.2) is 18.5 Å². The number of anilines is 1. The lowest BCUT2D eigenvalue weighted by Crippen LogP contribution is -2.13. The second-order valence-corrected chi connectivity index (χ2v) is 2.40. The molecule has 0 bridgehead atoms. The number of pyridine rings is 1. The lowest BCUT2D eigenvalue weighted by Gasteiger charge is -2.02. The van der Waals surface area contributed by atoms with E-state index in [0.717, 1.165) is 6.20 Å². The lowest BCUT2D eigenvalue weighted by molar-refractivity contribution is -0.384. The van der Waals surface area contributed by atoms with Crippen LogP contribution in [0.1, 0.15) is 0 Å². The van der Waals surface area contributed by atoms with Crippen molar-refractivity contribution in [2.24, 2.45) is 0 Å². The molecular weight excluding hydrogens is 190 g/mol. The van der Waals surface area contributed by atoms with Crippen LogP contribution in [0.5, 0.6) is 0 Å². The molecule has 0 unspecified atom stereocenters. The highest BCUT2D eigenvalue weighted by Crippen LogP contribution is 2.21. The maximum absolute atomic E-state index is 10.4. The number of nitro groups is 1. The number of aromatic nitrogens is 1. The van der Waals surface area contributed by atoms with Crippen molar-refractivity contribution in [3.8, 4) is 0 Å². The minimum atomic E-state index is -1.09. The summed E-state index contributed by atoms with van der Waals surface area (Å²) in [7, 11) is 0. The first-order valence-electron chi connectivity index (χ1n) is 3.65. The monoisotopic (exact) mass is 197 g/mol. The van der Waals surface area contributed by atoms with E-state index in [2.05, 4.69) is 10.3 Å². The normalized spacial score (nSPS) is 9.43. The predicted octanol–water partition coefficient (Wildman–Crippen LogP) is 0.486. The van der Waals surface area contributed by atoms with Gasteiger partial charge in [-0.15, -0.1) is 0 Å². The molecule has 1 rings (SSSR count). The number of nitrogens with one attached hydrogen (secondary N) is 1. The van der Waals surface area contributed by atoms with Crippen LogP contribution >= 0.6 is 0 Å². The Morgan fingerprint density at radius 3 is 3.00 bits per heavy atom. The van der Waals surface area contributed by atoms with E-state index in [1.54, 1.807) is 0 Å². The molecule has 0 saturated carbocycles. The van der Waals surface area contributed by atoms with Crippen LogP contribution < -0.4 is 5.32 Å². The van der Waals surface area contributed by atoms with Gasteiger partial charge in [0.1, 0.15) is 18.4 Å². The molecule has 0 fully saturated rings. The Morgan fingerprint density at radius 2 is 2.43 bits per heavy atom. The van der Waals surface area contributed by atoms with Gasteiger partial charge in [0, 0.05) is 6.20 Å². The highest BCUT2D eigenvalue weighted by atomic mass is 16.6. The molecule has 7 nitrogen and oxygen atoms in total. The van der Waals surface area contributed by atoms with Crippen LogP contribution in [-0.4, -0.2) is 27.5 Å². The molecule has 2 N–H and O–H groups in total. The van der Waals surface area contributed by atoms with Crippen LogP contribution in [-0.2, 0) is 4.79 Å². The Morgan fingerprint density at radius 1 is 1.71 bits per heavy atom. The third-order valence-corrected chi connectivity index (χ3v) is 1.43. The fourth-order valence-electron chi connectivity index (χ4n) is 0.852. The molecule has 0 aliphatic rings. The molecule has 1 aromatic heterocycles. The molecule has 0 aliphatic heterocycles. The Hall–Kier alpha value is -2.18. The van der Waals surface area contributed by atoms with E-state index in [1.807, 2.05) is 0 Å². The number of hydrogen-bond donors (Lipinski definition) is 2. The molecule has 0 saturated heterocycles. The third-order valence-electron chi connectivity index (χ3n) is 1.43. The standard InChI is InChI=1S/C7H7N3O4/c11-7(12)4-9-5-1-2-8-3-6(5)10(13)14/h1-3H,4H2,(H,8,9)(H,11,12). The zero-order chi connectivity index (χ0) is 10.6. The minimum Gasteiger partial charge on any atom is -0.480 e. The van der Waals surface area contributed by atoms with E-state index in [1.165, 1.54) is 12.3 Å². The van der Waals surface area contributed by atoms with Crippen molar-refractivity contribution in [3.63, 3.8) is 0 Å². The molecule has 0 aliphatic carbocycles. The Labute approximate surface area is 78.5 Å². The van der Waals surface area contributed by atoms with Gasteiger partial charge in [0.2, 0.25) is 0 Å². The summed E-state index contributed by atoms with van der Waals surface area (Å²) in [5.41, 5.74) is -0.0962. The van der Waals surface area contributed by atoms with E-state index in [4.69, 9.17) is 5.11 Å². The lowest BCUT2D eigenvalue weighted by atomic mass is 10.3. The van der Waals surface area contributed by atoms with E-state index in [-0.39, 0.29) is 17.9 Å². The summed E-state index contributed by atoms with van der Waals surface area (Å²) >= 11 is 0. The first-order chi connectivity index (χ1) is 6.61. The van der Waals surface area contributed by atoms with Gasteiger partial charge in [-0.1, -0.05) is 0 Å². The van der Waals surface area contributed by atoms with E-state index in [9.17, 15) is 14.9 Å². The fourth-order valence-corrected chi connectivity index (χ4v) is 0.852. The smallest absolute Gasteiger partial charge is 0.322 e. The molecule has 1 aromatic rings. The predicted molar refractivity (Wildman–Crippen MR) is 47.0 cm³/mol. The van der Waals surface area contributed by atoms with Gasteiger partial charge in [0.15, 0.2) is 0 Å². The summed E-state index contributed by atoms with van der Waals surface area (Å²) in [6.07, 6.45) is 2.40. The number of carboxylic acids is 1. The van der Waals surface area contributed by atoms with Gasteiger partial charge in [0.05, 0.1) is 4.92 Å². The van der Waals surface area contributed by atoms with Crippen molar-refractivity contribution in [3.05, 3.63) is 28.6 Å². The maximum Gasteiger partial charge on any atom is 0.322 e. The zero-order valence-electron chi connectivity index (χ0n) is 7.01. The van der Waals surface area contributed by atoms with Crippen LogP contribution in [0.2, 0.25) is 0 Å². The largest absolute Gasteiger partial charge is 0.480 e. The van der Waals surface area contributed by atoms with Gasteiger partial charge in [-0.2, -0.15) is 0 Å². The fraction of sp³-hybridized carbons (Fsp3) is 0.143. The quantitative estimate of drug-likeness (QED) is 0.537. The zero-order valence-corrected chi connectivity index (χ0v) is 7.01. The highest BCUT2D eigenvalue weighted by molar-refractivity contribution is 5.74. The van der Waals surface area contributed by atoms with Gasteiger partial charge in [-0.25, -0.2) is 0 Å². The molecule has 0 amide bonds. The second-order valence-electron chi connectivity index (χ2n) is 2.40. The van der Waals surface area contributed by atoms with Gasteiger partial charge in [0.25, 0.3) is 0 Å². The van der Waals surface area contributed by atoms with Gasteiger partial charge in [-0.05, 0) is 6.07 Å². The minimum absolute atomic E-state index is 0.146. The maximum atomic E-state index is 10.4. The topological polar surface area (TPSA) is 105 Å². The number of nitrogens with zero attached hydrogens (tertiary/aromatic N) is 2. The molecule has 0 aromatic carbocycles.